The summed E-state index contributed by atoms with van der Waals surface area (Å²) >= 11 is 0. The summed E-state index contributed by atoms with van der Waals surface area (Å²) < 4.78 is 91.4. The quantitative estimate of drug-likeness (QED) is 0.0267. The number of imide groups is 1. The Hall–Kier alpha value is -10.5. The molecule has 0 radical (unpaired) electrons. The van der Waals surface area contributed by atoms with E-state index >= 15 is 0 Å². The van der Waals surface area contributed by atoms with Crippen molar-refractivity contribution in [2.24, 2.45) is 41.4 Å². The number of alkyl halides is 3. The van der Waals surface area contributed by atoms with Crippen LogP contribution in [0.15, 0.2) is 84.0 Å². The summed E-state index contributed by atoms with van der Waals surface area (Å²) in [6.45, 7) is 17.6. The van der Waals surface area contributed by atoms with Crippen LogP contribution in [-0.4, -0.2) is 267 Å². The molecule has 35 nitrogen and oxygen atoms in total. The number of hydroxylamine groups is 2. The number of halogens is 3. The molecular weight excluding hydrogens is 1990 g/mol. The number of hydrogen-bond donors (Lipinski definition) is 5. The number of Topliss-reactive ketones (excluding diaryl/α,β-unsaturated/α-hetero) is 3. The number of allylic oxidation sites excluding steroid dienone is 3. The van der Waals surface area contributed by atoms with Gasteiger partial charge in [-0.25, -0.2) is 14.4 Å². The molecule has 5 saturated heterocycles. The van der Waals surface area contributed by atoms with Gasteiger partial charge in [0.05, 0.1) is 59.8 Å². The topological polar surface area (TPSA) is 439 Å². The van der Waals surface area contributed by atoms with Crippen molar-refractivity contribution in [1.82, 2.24) is 40.6 Å². The van der Waals surface area contributed by atoms with Crippen molar-refractivity contribution in [2.45, 2.75) is 285 Å². The maximum Gasteiger partial charge on any atom is 1.00 e. The Kier molecular flexibility index (Phi) is 36.6. The number of nitrogens with one attached hydrogen (secondary N) is 3. The Bertz CT molecular complexity index is 5720. The summed E-state index contributed by atoms with van der Waals surface area (Å²) in [7, 11) is 15.5. The molecule has 1 saturated carbocycles. The van der Waals surface area contributed by atoms with Crippen molar-refractivity contribution in [1.29, 1.82) is 0 Å². The number of carboxylic acids is 2. The summed E-state index contributed by atoms with van der Waals surface area (Å²) in [6, 6.07) is 16.3. The fourth-order valence-corrected chi connectivity index (χ4v) is 26.8. The zero-order valence-electron chi connectivity index (χ0n) is 87.4. The number of ether oxygens (including phenoxy) is 10. The molecule has 4 aromatic rings. The number of amides is 5. The van der Waals surface area contributed by atoms with E-state index in [9.17, 15) is 80.9 Å². The predicted molar refractivity (Wildman–Crippen MR) is 543 cm³/mol. The molecule has 9 heterocycles. The summed E-state index contributed by atoms with van der Waals surface area (Å²) in [6.07, 6.45) is 10.5. The Labute approximate surface area is 897 Å². The molecule has 9 aliphatic heterocycles. The number of likely N-dealkylation sites (N-methyl/N-ethyl adjacent to an activating group) is 4. The number of carboxylic acid groups (broad SMARTS) is 2. The van der Waals surface area contributed by atoms with Crippen LogP contribution >= 0.6 is 40.5 Å². The summed E-state index contributed by atoms with van der Waals surface area (Å²) in [5, 5.41) is 37.2. The second-order valence-corrected chi connectivity index (χ2v) is 42.4. The van der Waals surface area contributed by atoms with Gasteiger partial charge in [-0.15, -0.1) is 5.06 Å². The molecule has 8 bridgehead atoms. The molecular formula is C107H138F3LiN8O27S3. The predicted octanol–water partition coefficient (Wildman–Crippen LogP) is 6.55. The number of nitrogens with zero attached hydrogens (tertiary/aromatic N) is 5. The summed E-state index contributed by atoms with van der Waals surface area (Å²) in [5.41, 5.74) is 9.55. The van der Waals surface area contributed by atoms with Crippen LogP contribution in [0.1, 0.15) is 209 Å². The second-order valence-electron chi connectivity index (χ2n) is 42.4. The maximum absolute atomic E-state index is 12.8. The van der Waals surface area contributed by atoms with Gasteiger partial charge in [-0.3, -0.25) is 47.9 Å². The largest absolute Gasteiger partial charge is 1.00 e. The van der Waals surface area contributed by atoms with Crippen LogP contribution in [0.25, 0.3) is 0 Å². The van der Waals surface area contributed by atoms with Crippen molar-refractivity contribution in [3.8, 4) is 46.0 Å². The Morgan fingerprint density at radius 3 is 1.05 bits per heavy atom. The van der Waals surface area contributed by atoms with Gasteiger partial charge in [-0.05, 0) is 245 Å². The van der Waals surface area contributed by atoms with Crippen molar-refractivity contribution in [2.75, 3.05) is 82.8 Å². The van der Waals surface area contributed by atoms with E-state index in [1.54, 1.807) is 56.1 Å². The Morgan fingerprint density at radius 2 is 0.732 bits per heavy atom. The van der Waals surface area contributed by atoms with Gasteiger partial charge in [0, 0.05) is 107 Å². The monoisotopic (exact) mass is 2130 g/mol. The normalized spacial score (nSPS) is 27.9. The van der Waals surface area contributed by atoms with Gasteiger partial charge >= 0.3 is 54.9 Å². The molecule has 0 aromatic heterocycles. The molecule has 8 aliphatic carbocycles. The van der Waals surface area contributed by atoms with Crippen LogP contribution in [0.4, 0.5) is 13.2 Å². The molecule has 4 unspecified atom stereocenters. The van der Waals surface area contributed by atoms with Crippen LogP contribution < -0.4 is 77.8 Å². The van der Waals surface area contributed by atoms with Crippen molar-refractivity contribution < 1.29 is 162 Å². The molecule has 4 spiro atoms. The Morgan fingerprint density at radius 1 is 0.436 bits per heavy atom. The first-order chi connectivity index (χ1) is 68.8. The number of hydrogen-bond acceptors (Lipinski definition) is 29. The Balaban J connectivity index is 0.000000164. The van der Waals surface area contributed by atoms with Crippen LogP contribution in [0.3, 0.4) is 0 Å². The molecule has 21 rings (SSSR count). The number of rotatable bonds is 25. The van der Waals surface area contributed by atoms with Gasteiger partial charge in [0.1, 0.15) is 23.7 Å². The number of piperidine rings is 4. The number of carbonyl (C=O) groups is 13. The van der Waals surface area contributed by atoms with Gasteiger partial charge < -0.3 is 103 Å². The van der Waals surface area contributed by atoms with E-state index in [-0.39, 0.29) is 191 Å². The van der Waals surface area contributed by atoms with Crippen LogP contribution in [0.2, 0.25) is 0 Å². The fraction of sp³-hybridized carbons (Fsp3) is 0.598. The smallest absolute Gasteiger partial charge is 0.873 e. The van der Waals surface area contributed by atoms with Crippen LogP contribution in [-0.2, 0) is 124 Å². The SMILES string of the molecule is CC(=O)[C@@H](NC(=O)CCC(=O)ON1C(=O)CCC1=O)C(C)C.COc1ccc2c3c1O[C@H]1C(=O)CCC4[C@@H](C2)N(C)CC[C@@]341.COc1ccc2c3c1O[C@H]1C(OC(=O)CCC(=O)N[C@H](C(=O)O)C(C)C)=CCC4[C@@H](C2)N(C)CC[C@@]341.COc1ccc2c3c1O[C@H]1C(OC(=O)CCC(=O)N[C@H](C(C)=O)C(C)C)=CCC4[C@@H](C2)N(C)CC[C@@]341.COc1ccc2c3c1O[C@H]1C([O-])=CCC4[C@@H](C2)N(C)CC[C@@]341.O=C(O)C(F)(F)F.S.S.S.[Li+]. The van der Waals surface area contributed by atoms with Crippen molar-refractivity contribution in [3.05, 3.63) is 129 Å². The number of methoxy groups -OCH3 is 4. The standard InChI is InChI=1S/C28H36N2O6.C27H34N2O7.2C18H21NO3.C14H20N2O6.C2HF3O2.Li.3H2S/c1-15(2)25(16(3)31)29-22(32)10-11-23(33)35-21-9-7-18-19-14-17-6-8-20(34-5)26-24(17)28(18,27(21)36-26)12-13-30(19)4;1-14(2)23(26(32)33)28-20(30)9-10-21(31)35-19-8-6-16-17-13-15-5-7-18(34-4)24-22(15)27(16,25(19)36-24)11-12-29(17)3;2*1-19-8-7-18-11-4-5-13(20)17(18)22-16-14(21-2)6-3-10(15(16)18)9-12(11)19;1-8(2)14(9(3)17)15-10(18)4-7-13(21)22-16-11(19)5-6-12(16)20;3-2(4,5)1(6)7;;;;/h6,8-9,15,18-19,25,27H,7,10-14H2,1-5H3,(H,29,32);5,7-8,14,16-17,23,25H,6,9-13H2,1-4H3,(H,28,30)(H,32,33);3,6,11-12,17H,4-5,7-9H2,1-2H3;3,5-6,11-12,17,20H,4,7-9H2,1-2H3;8,14H,4-7H2,1-3H3,(H,15,18);(H,6,7);;3*1H2/q;;;;;;+1;;;/p-1/t18?,19-,25+,27+,28+;16?,17-,23+,25+,27+;2*11?,12-,17+,18+;14-;;;;;/m11110...../s1. The zero-order valence-corrected chi connectivity index (χ0v) is 90.4. The number of likely N-dealkylation sites (tertiary alicyclic amines) is 4. The minimum absolute atomic E-state index is 0. The molecule has 42 heteroatoms. The van der Waals surface area contributed by atoms with E-state index in [4.69, 9.17) is 57.3 Å². The number of ketones is 3. The van der Waals surface area contributed by atoms with Gasteiger partial charge in [0.2, 0.25) is 17.7 Å². The number of carbonyl (C=O) groups excluding carboxylic acids is 11. The zero-order chi connectivity index (χ0) is 105. The van der Waals surface area contributed by atoms with E-state index in [1.807, 2.05) is 56.3 Å². The van der Waals surface area contributed by atoms with Gasteiger partial charge in [-0.1, -0.05) is 77.6 Å². The van der Waals surface area contributed by atoms with E-state index in [0.717, 1.165) is 138 Å². The molecule has 19 atom stereocenters. The third-order valence-corrected chi connectivity index (χ3v) is 33.5. The number of aliphatic carboxylic acids is 2. The number of esters is 2. The number of benzene rings is 4. The van der Waals surface area contributed by atoms with Gasteiger partial charge in [0.25, 0.3) is 11.8 Å². The van der Waals surface area contributed by atoms with Crippen LogP contribution in [0.5, 0.6) is 46.0 Å². The summed E-state index contributed by atoms with van der Waals surface area (Å²) in [4.78, 5) is 167. The van der Waals surface area contributed by atoms with Crippen LogP contribution in [0, 0.1) is 41.4 Å². The van der Waals surface area contributed by atoms with E-state index in [1.165, 1.54) is 58.4 Å². The maximum atomic E-state index is 12.8. The first-order valence-corrected chi connectivity index (χ1v) is 50.3. The minimum atomic E-state index is -5.08. The molecule has 149 heavy (non-hydrogen) atoms. The average Bonchev–Trinajstić information content (AvgIpc) is 1.55. The van der Waals surface area contributed by atoms with E-state index in [0.29, 0.717) is 82.3 Å². The third-order valence-electron chi connectivity index (χ3n) is 33.5. The van der Waals surface area contributed by atoms with E-state index in [2.05, 4.69) is 92.8 Å². The molecule has 6 fully saturated rings. The minimum Gasteiger partial charge on any atom is -0.873 e. The molecule has 808 valence electrons. The molecule has 17 aliphatic rings. The summed E-state index contributed by atoms with van der Waals surface area (Å²) in [5.74, 6) is 0.634. The molecule has 5 N–H and O–H groups in total. The van der Waals surface area contributed by atoms with E-state index < -0.39 is 90.0 Å². The van der Waals surface area contributed by atoms with Crippen molar-refractivity contribution >= 4 is 117 Å². The second kappa shape index (κ2) is 46.6. The third kappa shape index (κ3) is 21.4. The first-order valence-electron chi connectivity index (χ1n) is 50.3. The van der Waals surface area contributed by atoms with Crippen molar-refractivity contribution in [3.63, 3.8) is 0 Å². The molecule has 4 aromatic carbocycles. The van der Waals surface area contributed by atoms with Gasteiger partial charge in [-0.2, -0.15) is 53.7 Å². The molecule has 5 amide bonds. The average molecular weight is 2130 g/mol. The van der Waals surface area contributed by atoms with Gasteiger partial charge in [0.15, 0.2) is 81.7 Å². The fourth-order valence-electron chi connectivity index (χ4n) is 26.8. The first kappa shape index (κ1) is 117.